The second kappa shape index (κ2) is 5.47. The largest absolute Gasteiger partial charge is 0.397 e. The number of carbonyl (C=O) groups excluding carboxylic acids is 1. The molecule has 3 nitrogen and oxygen atoms in total. The summed E-state index contributed by atoms with van der Waals surface area (Å²) < 4.78 is 13.1. The Hall–Kier alpha value is -1.78. The van der Waals surface area contributed by atoms with Gasteiger partial charge in [-0.25, -0.2) is 4.39 Å². The van der Waals surface area contributed by atoms with Crippen molar-refractivity contribution < 1.29 is 9.18 Å². The summed E-state index contributed by atoms with van der Waals surface area (Å²) >= 11 is 11.5. The van der Waals surface area contributed by atoms with E-state index in [1.165, 1.54) is 12.1 Å². The molecule has 0 aliphatic rings. The minimum absolute atomic E-state index is 0.171. The van der Waals surface area contributed by atoms with Crippen LogP contribution in [0.5, 0.6) is 0 Å². The fourth-order valence-electron chi connectivity index (χ4n) is 1.56. The Morgan fingerprint density at radius 3 is 2.63 bits per heavy atom. The van der Waals surface area contributed by atoms with Crippen molar-refractivity contribution in [1.29, 1.82) is 0 Å². The van der Waals surface area contributed by atoms with E-state index in [4.69, 9.17) is 28.9 Å². The number of amides is 1. The van der Waals surface area contributed by atoms with E-state index in [-0.39, 0.29) is 27.0 Å². The topological polar surface area (TPSA) is 55.1 Å². The second-order valence-corrected chi connectivity index (χ2v) is 4.66. The molecule has 0 atom stereocenters. The Labute approximate surface area is 119 Å². The number of halogens is 3. The van der Waals surface area contributed by atoms with Crippen LogP contribution in [0.15, 0.2) is 36.4 Å². The molecule has 0 fully saturated rings. The predicted molar refractivity (Wildman–Crippen MR) is 75.2 cm³/mol. The molecule has 1 amide bonds. The van der Waals surface area contributed by atoms with Gasteiger partial charge in [-0.3, -0.25) is 4.79 Å². The van der Waals surface area contributed by atoms with Gasteiger partial charge in [0.05, 0.1) is 16.3 Å². The zero-order valence-electron chi connectivity index (χ0n) is 9.58. The van der Waals surface area contributed by atoms with Crippen LogP contribution in [0.25, 0.3) is 0 Å². The first-order valence-corrected chi connectivity index (χ1v) is 6.04. The number of rotatable bonds is 2. The van der Waals surface area contributed by atoms with E-state index in [2.05, 4.69) is 5.32 Å². The summed E-state index contributed by atoms with van der Waals surface area (Å²) in [6, 6.07) is 8.44. The molecule has 0 bridgehead atoms. The molecule has 0 aliphatic carbocycles. The van der Waals surface area contributed by atoms with Crippen LogP contribution in [0.3, 0.4) is 0 Å². The first-order valence-electron chi connectivity index (χ1n) is 5.29. The van der Waals surface area contributed by atoms with Crippen molar-refractivity contribution in [2.45, 2.75) is 0 Å². The Bertz CT molecular complexity index is 626. The van der Waals surface area contributed by atoms with Crippen molar-refractivity contribution in [2.24, 2.45) is 0 Å². The molecule has 6 heteroatoms. The van der Waals surface area contributed by atoms with Crippen LogP contribution in [0, 0.1) is 5.82 Å². The van der Waals surface area contributed by atoms with Gasteiger partial charge in [-0.2, -0.15) is 0 Å². The molecular weight excluding hydrogens is 290 g/mol. The van der Waals surface area contributed by atoms with Gasteiger partial charge in [0.1, 0.15) is 5.82 Å². The highest BCUT2D eigenvalue weighted by atomic mass is 35.5. The highest BCUT2D eigenvalue weighted by Gasteiger charge is 2.12. The van der Waals surface area contributed by atoms with Gasteiger partial charge < -0.3 is 11.1 Å². The molecule has 98 valence electrons. The van der Waals surface area contributed by atoms with Gasteiger partial charge in [0.2, 0.25) is 0 Å². The average molecular weight is 299 g/mol. The zero-order valence-corrected chi connectivity index (χ0v) is 11.1. The fourth-order valence-corrected chi connectivity index (χ4v) is 1.96. The van der Waals surface area contributed by atoms with Crippen LogP contribution in [0.2, 0.25) is 10.0 Å². The predicted octanol–water partition coefficient (Wildman–Crippen LogP) is 3.97. The molecule has 0 heterocycles. The first kappa shape index (κ1) is 13.6. The number of nitrogens with one attached hydrogen (secondary N) is 1. The third-order valence-electron chi connectivity index (χ3n) is 2.42. The molecule has 3 N–H and O–H groups in total. The number of para-hydroxylation sites is 1. The number of hydrogen-bond donors (Lipinski definition) is 2. The van der Waals surface area contributed by atoms with E-state index < -0.39 is 11.7 Å². The van der Waals surface area contributed by atoms with E-state index in [9.17, 15) is 9.18 Å². The van der Waals surface area contributed by atoms with E-state index in [0.717, 1.165) is 12.1 Å². The lowest BCUT2D eigenvalue weighted by atomic mass is 10.1. The van der Waals surface area contributed by atoms with Crippen LogP contribution in [0.4, 0.5) is 15.8 Å². The standard InChI is InChI=1S/C13H9Cl2FN2O/c14-7-4-8(16)6-9(5-7)18-13(19)10-2-1-3-11(15)12(10)17/h1-6H,17H2,(H,18,19). The summed E-state index contributed by atoms with van der Waals surface area (Å²) in [6.07, 6.45) is 0. The van der Waals surface area contributed by atoms with E-state index in [0.29, 0.717) is 0 Å². The summed E-state index contributed by atoms with van der Waals surface area (Å²) in [5.74, 6) is -1.02. The van der Waals surface area contributed by atoms with Crippen molar-refractivity contribution >= 4 is 40.5 Å². The summed E-state index contributed by atoms with van der Waals surface area (Å²) in [6.45, 7) is 0. The second-order valence-electron chi connectivity index (χ2n) is 3.81. The smallest absolute Gasteiger partial charge is 0.257 e. The van der Waals surface area contributed by atoms with Crippen LogP contribution in [-0.4, -0.2) is 5.91 Å². The number of nitrogen functional groups attached to an aromatic ring is 1. The summed E-state index contributed by atoms with van der Waals surface area (Å²) in [5, 5.41) is 2.98. The quantitative estimate of drug-likeness (QED) is 0.824. The number of benzene rings is 2. The van der Waals surface area contributed by atoms with Gasteiger partial charge in [0.15, 0.2) is 0 Å². The maximum atomic E-state index is 13.1. The van der Waals surface area contributed by atoms with E-state index in [1.54, 1.807) is 12.1 Å². The van der Waals surface area contributed by atoms with Gasteiger partial charge in [0, 0.05) is 10.7 Å². The maximum absolute atomic E-state index is 13.1. The molecule has 0 saturated heterocycles. The monoisotopic (exact) mass is 298 g/mol. The lowest BCUT2D eigenvalue weighted by Gasteiger charge is -2.09. The number of carbonyl (C=O) groups is 1. The van der Waals surface area contributed by atoms with Crippen molar-refractivity contribution in [1.82, 2.24) is 0 Å². The molecule has 2 aromatic rings. The maximum Gasteiger partial charge on any atom is 0.257 e. The Morgan fingerprint density at radius 1 is 1.21 bits per heavy atom. The fraction of sp³-hybridized carbons (Fsp3) is 0. The van der Waals surface area contributed by atoms with Crippen molar-refractivity contribution in [3.05, 3.63) is 57.8 Å². The highest BCUT2D eigenvalue weighted by Crippen LogP contribution is 2.24. The molecule has 0 saturated carbocycles. The molecular formula is C13H9Cl2FN2O. The molecule has 0 aromatic heterocycles. The summed E-state index contributed by atoms with van der Waals surface area (Å²) in [7, 11) is 0. The van der Waals surface area contributed by atoms with Gasteiger partial charge in [0.25, 0.3) is 5.91 Å². The molecule has 2 rings (SSSR count). The Balaban J connectivity index is 2.28. The summed E-state index contributed by atoms with van der Waals surface area (Å²) in [5.41, 5.74) is 6.33. The highest BCUT2D eigenvalue weighted by molar-refractivity contribution is 6.34. The van der Waals surface area contributed by atoms with Crippen LogP contribution in [0.1, 0.15) is 10.4 Å². The van der Waals surface area contributed by atoms with Crippen LogP contribution in [-0.2, 0) is 0 Å². The Morgan fingerprint density at radius 2 is 1.95 bits per heavy atom. The molecule has 0 spiro atoms. The van der Waals surface area contributed by atoms with E-state index in [1.807, 2.05) is 0 Å². The van der Waals surface area contributed by atoms with Crippen LogP contribution >= 0.6 is 23.2 Å². The molecule has 19 heavy (non-hydrogen) atoms. The average Bonchev–Trinajstić information content (AvgIpc) is 2.31. The van der Waals surface area contributed by atoms with E-state index >= 15 is 0 Å². The van der Waals surface area contributed by atoms with Gasteiger partial charge in [-0.1, -0.05) is 29.3 Å². The summed E-state index contributed by atoms with van der Waals surface area (Å²) in [4.78, 5) is 12.0. The minimum atomic E-state index is -0.540. The number of nitrogens with two attached hydrogens (primary N) is 1. The van der Waals surface area contributed by atoms with Crippen molar-refractivity contribution in [2.75, 3.05) is 11.1 Å². The molecule has 2 aromatic carbocycles. The Kier molecular flexibility index (Phi) is 3.93. The number of anilines is 2. The normalized spacial score (nSPS) is 10.3. The van der Waals surface area contributed by atoms with Gasteiger partial charge >= 0.3 is 0 Å². The molecule has 0 unspecified atom stereocenters. The zero-order chi connectivity index (χ0) is 14.0. The lowest BCUT2D eigenvalue weighted by molar-refractivity contribution is 0.102. The molecule has 0 aliphatic heterocycles. The van der Waals surface area contributed by atoms with Gasteiger partial charge in [-0.05, 0) is 30.3 Å². The minimum Gasteiger partial charge on any atom is -0.397 e. The third-order valence-corrected chi connectivity index (χ3v) is 2.97. The molecule has 0 radical (unpaired) electrons. The van der Waals surface area contributed by atoms with Crippen LogP contribution < -0.4 is 11.1 Å². The lowest BCUT2D eigenvalue weighted by Crippen LogP contribution is -2.14. The van der Waals surface area contributed by atoms with Crippen molar-refractivity contribution in [3.63, 3.8) is 0 Å². The van der Waals surface area contributed by atoms with Gasteiger partial charge in [-0.15, -0.1) is 0 Å². The SMILES string of the molecule is Nc1c(Cl)cccc1C(=O)Nc1cc(F)cc(Cl)c1. The third kappa shape index (κ3) is 3.16. The number of hydrogen-bond acceptors (Lipinski definition) is 2. The first-order chi connectivity index (χ1) is 8.97. The van der Waals surface area contributed by atoms with Crippen molar-refractivity contribution in [3.8, 4) is 0 Å².